The molecule has 2 heteroatoms. The van der Waals surface area contributed by atoms with Crippen LogP contribution < -0.4 is 4.74 Å². The van der Waals surface area contributed by atoms with E-state index < -0.39 is 0 Å². The monoisotopic (exact) mass is 329 g/mol. The summed E-state index contributed by atoms with van der Waals surface area (Å²) >= 11 is 0. The van der Waals surface area contributed by atoms with Crippen molar-refractivity contribution in [1.82, 2.24) is 0 Å². The van der Waals surface area contributed by atoms with Crippen LogP contribution >= 0.6 is 0 Å². The third kappa shape index (κ3) is 2.96. The molecule has 0 heterocycles. The lowest BCUT2D eigenvalue weighted by Gasteiger charge is -2.25. The van der Waals surface area contributed by atoms with Gasteiger partial charge in [0.15, 0.2) is 0 Å². The van der Waals surface area contributed by atoms with Crippen LogP contribution in [-0.4, -0.2) is 7.11 Å². The first-order valence-electron chi connectivity index (χ1n) is 8.40. The molecule has 0 bridgehead atoms. The minimum atomic E-state index is -0.210. The lowest BCUT2D eigenvalue weighted by molar-refractivity contribution is 0.414. The summed E-state index contributed by atoms with van der Waals surface area (Å²) in [6.45, 7) is 0. The Balaban J connectivity index is 1.95. The Bertz CT molecular complexity index is 924. The van der Waals surface area contributed by atoms with Gasteiger partial charge in [-0.05, 0) is 76.6 Å². The predicted octanol–water partition coefficient (Wildman–Crippen LogP) is 5.54. The van der Waals surface area contributed by atoms with Crippen LogP contribution in [0.3, 0.4) is 0 Å². The minimum absolute atomic E-state index is 0.210. The number of fused-ring (bicyclic) bond motifs is 1. The molecule has 0 aliphatic heterocycles. The Labute approximate surface area is 147 Å². The Morgan fingerprint density at radius 2 is 1.80 bits per heavy atom. The van der Waals surface area contributed by atoms with Crippen LogP contribution in [-0.2, 0) is 6.42 Å². The maximum absolute atomic E-state index is 13.4. The third-order valence-corrected chi connectivity index (χ3v) is 4.70. The lowest BCUT2D eigenvalue weighted by Crippen LogP contribution is -2.06. The van der Waals surface area contributed by atoms with Gasteiger partial charge in [-0.1, -0.05) is 42.5 Å². The van der Waals surface area contributed by atoms with Gasteiger partial charge in [-0.3, -0.25) is 0 Å². The molecule has 1 aliphatic rings. The van der Waals surface area contributed by atoms with Gasteiger partial charge in [0.25, 0.3) is 0 Å². The van der Waals surface area contributed by atoms with E-state index in [9.17, 15) is 4.39 Å². The van der Waals surface area contributed by atoms with Crippen LogP contribution in [0.4, 0.5) is 4.39 Å². The smallest absolute Gasteiger partial charge is 0.123 e. The molecule has 0 amide bonds. The molecular formula is C23H18FO. The van der Waals surface area contributed by atoms with Crippen molar-refractivity contribution in [2.24, 2.45) is 0 Å². The molecule has 123 valence electrons. The fourth-order valence-corrected chi connectivity index (χ4v) is 3.49. The van der Waals surface area contributed by atoms with Crippen LogP contribution in [0, 0.1) is 11.9 Å². The first-order chi connectivity index (χ1) is 12.3. The van der Waals surface area contributed by atoms with Gasteiger partial charge in [0.05, 0.1) is 7.11 Å². The Morgan fingerprint density at radius 1 is 0.960 bits per heavy atom. The second kappa shape index (κ2) is 6.56. The van der Waals surface area contributed by atoms with Gasteiger partial charge < -0.3 is 4.74 Å². The zero-order valence-electron chi connectivity index (χ0n) is 14.1. The predicted molar refractivity (Wildman–Crippen MR) is 98.9 cm³/mol. The molecule has 0 spiro atoms. The highest BCUT2D eigenvalue weighted by molar-refractivity contribution is 6.00. The summed E-state index contributed by atoms with van der Waals surface area (Å²) in [6, 6.07) is 24.4. The average Bonchev–Trinajstić information content (AvgIpc) is 2.68. The van der Waals surface area contributed by atoms with Gasteiger partial charge in [-0.2, -0.15) is 0 Å². The molecule has 3 aromatic rings. The van der Waals surface area contributed by atoms with E-state index in [1.165, 1.54) is 34.4 Å². The van der Waals surface area contributed by atoms with Crippen LogP contribution in [0.25, 0.3) is 11.1 Å². The summed E-state index contributed by atoms with van der Waals surface area (Å²) in [5.74, 6) is 0.665. The largest absolute Gasteiger partial charge is 0.497 e. The van der Waals surface area contributed by atoms with Crippen molar-refractivity contribution in [3.05, 3.63) is 101 Å². The summed E-state index contributed by atoms with van der Waals surface area (Å²) in [7, 11) is 1.69. The number of methoxy groups -OCH3 is 1. The second-order valence-electron chi connectivity index (χ2n) is 6.16. The summed E-state index contributed by atoms with van der Waals surface area (Å²) in [5.41, 5.74) is 7.02. The second-order valence-corrected chi connectivity index (χ2v) is 6.16. The van der Waals surface area contributed by atoms with Crippen molar-refractivity contribution in [1.29, 1.82) is 0 Å². The summed E-state index contributed by atoms with van der Waals surface area (Å²) < 4.78 is 18.7. The number of rotatable bonds is 3. The fourth-order valence-electron chi connectivity index (χ4n) is 3.49. The molecule has 1 aliphatic carbocycles. The highest BCUT2D eigenvalue weighted by atomic mass is 19.1. The van der Waals surface area contributed by atoms with E-state index in [1.54, 1.807) is 7.11 Å². The van der Waals surface area contributed by atoms with Gasteiger partial charge in [-0.15, -0.1) is 0 Å². The van der Waals surface area contributed by atoms with Crippen LogP contribution in [0.15, 0.2) is 66.7 Å². The number of benzene rings is 3. The highest BCUT2D eigenvalue weighted by Crippen LogP contribution is 2.41. The van der Waals surface area contributed by atoms with Crippen molar-refractivity contribution in [2.75, 3.05) is 7.11 Å². The van der Waals surface area contributed by atoms with Gasteiger partial charge in [0.1, 0.15) is 11.6 Å². The Morgan fingerprint density at radius 3 is 2.52 bits per heavy atom. The number of halogens is 1. The van der Waals surface area contributed by atoms with Crippen molar-refractivity contribution in [2.45, 2.75) is 12.8 Å². The first-order valence-corrected chi connectivity index (χ1v) is 8.40. The molecule has 1 nitrogen and oxygen atoms in total. The molecule has 3 aromatic carbocycles. The van der Waals surface area contributed by atoms with Crippen molar-refractivity contribution < 1.29 is 9.13 Å². The molecule has 0 unspecified atom stereocenters. The zero-order valence-corrected chi connectivity index (χ0v) is 14.1. The molecule has 0 saturated carbocycles. The van der Waals surface area contributed by atoms with Gasteiger partial charge in [0.2, 0.25) is 0 Å². The molecule has 0 atom stereocenters. The van der Waals surface area contributed by atoms with E-state index in [1.807, 2.05) is 36.4 Å². The van der Waals surface area contributed by atoms with Gasteiger partial charge in [0, 0.05) is 0 Å². The van der Waals surface area contributed by atoms with E-state index in [2.05, 4.69) is 24.3 Å². The molecule has 1 radical (unpaired) electrons. The third-order valence-electron chi connectivity index (χ3n) is 4.70. The molecule has 25 heavy (non-hydrogen) atoms. The molecular weight excluding hydrogens is 311 g/mol. The van der Waals surface area contributed by atoms with Gasteiger partial charge >= 0.3 is 0 Å². The zero-order chi connectivity index (χ0) is 17.2. The Kier molecular flexibility index (Phi) is 4.10. The molecule has 0 N–H and O–H groups in total. The molecule has 0 aromatic heterocycles. The molecule has 0 saturated heterocycles. The van der Waals surface area contributed by atoms with Crippen molar-refractivity contribution in [3.8, 4) is 5.75 Å². The first kappa shape index (κ1) is 15.6. The lowest BCUT2D eigenvalue weighted by atomic mass is 9.79. The van der Waals surface area contributed by atoms with Crippen molar-refractivity contribution in [3.63, 3.8) is 0 Å². The molecule has 4 rings (SSSR count). The topological polar surface area (TPSA) is 9.23 Å². The normalized spacial score (nSPS) is 13.5. The Hall–Kier alpha value is -2.87. The van der Waals surface area contributed by atoms with E-state index in [4.69, 9.17) is 4.74 Å². The average molecular weight is 329 g/mol. The van der Waals surface area contributed by atoms with Crippen molar-refractivity contribution >= 4 is 11.1 Å². The number of hydrogen-bond acceptors (Lipinski definition) is 1. The van der Waals surface area contributed by atoms with Crippen LogP contribution in [0.2, 0.25) is 0 Å². The standard InChI is InChI=1S/C23H18FO/c1-25-20-12-14-22-18(15-20)9-13-21(16-7-10-19(24)11-8-16)23(22)17-5-3-2-4-6-17/h2-5,7-8,10-12,14-15H,9,13H2,1H3. The summed E-state index contributed by atoms with van der Waals surface area (Å²) in [6.07, 6.45) is 1.85. The minimum Gasteiger partial charge on any atom is -0.497 e. The van der Waals surface area contributed by atoms with Crippen LogP contribution in [0.5, 0.6) is 5.75 Å². The van der Waals surface area contributed by atoms with E-state index in [0.29, 0.717) is 0 Å². The van der Waals surface area contributed by atoms with E-state index >= 15 is 0 Å². The summed E-state index contributed by atoms with van der Waals surface area (Å²) in [5, 5.41) is 0. The SMILES string of the molecule is COc1ccc2c(c1)CCC(c1ccc(F)cc1)=C2c1[c]cccc1. The number of aryl methyl sites for hydroxylation is 1. The van der Waals surface area contributed by atoms with E-state index in [-0.39, 0.29) is 5.82 Å². The maximum Gasteiger partial charge on any atom is 0.123 e. The number of allylic oxidation sites excluding steroid dienone is 1. The number of ether oxygens (including phenoxy) is 1. The quantitative estimate of drug-likeness (QED) is 0.613. The fraction of sp³-hybridized carbons (Fsp3) is 0.130. The highest BCUT2D eigenvalue weighted by Gasteiger charge is 2.22. The van der Waals surface area contributed by atoms with E-state index in [0.717, 1.165) is 29.7 Å². The van der Waals surface area contributed by atoms with Gasteiger partial charge in [-0.25, -0.2) is 4.39 Å². The number of hydrogen-bond donors (Lipinski definition) is 0. The molecule has 0 fully saturated rings. The summed E-state index contributed by atoms with van der Waals surface area (Å²) in [4.78, 5) is 0. The maximum atomic E-state index is 13.4. The van der Waals surface area contributed by atoms with Crippen LogP contribution in [0.1, 0.15) is 28.7 Å².